The summed E-state index contributed by atoms with van der Waals surface area (Å²) in [6, 6.07) is 15.0. The molecule has 5 heterocycles. The van der Waals surface area contributed by atoms with Gasteiger partial charge in [-0.05, 0) is 57.0 Å². The fraction of sp³-hybridized carbons (Fsp3) is 0.435. The zero-order chi connectivity index (χ0) is 19.1. The van der Waals surface area contributed by atoms with Gasteiger partial charge < -0.3 is 9.32 Å². The molecule has 146 valence electrons. The Morgan fingerprint density at radius 3 is 2.68 bits per heavy atom. The topological polar surface area (TPSA) is 37.4 Å². The molecule has 0 aliphatic carbocycles. The fourth-order valence-electron chi connectivity index (χ4n) is 4.83. The predicted octanol–water partition coefficient (Wildman–Crippen LogP) is 3.97. The van der Waals surface area contributed by atoms with Gasteiger partial charge in [-0.2, -0.15) is 5.10 Å². The van der Waals surface area contributed by atoms with E-state index < -0.39 is 0 Å². The summed E-state index contributed by atoms with van der Waals surface area (Å²) in [6.07, 6.45) is 4.85. The van der Waals surface area contributed by atoms with Crippen molar-refractivity contribution in [3.63, 3.8) is 0 Å². The van der Waals surface area contributed by atoms with Crippen LogP contribution in [-0.4, -0.2) is 52.3 Å². The molecule has 3 aliphatic rings. The summed E-state index contributed by atoms with van der Waals surface area (Å²) in [4.78, 5) is 5.18. The van der Waals surface area contributed by atoms with Crippen LogP contribution >= 0.6 is 0 Å². The first kappa shape index (κ1) is 17.7. The number of rotatable bonds is 4. The lowest BCUT2D eigenvalue weighted by Gasteiger charge is -2.36. The Hall–Kier alpha value is -2.37. The molecule has 1 aromatic carbocycles. The van der Waals surface area contributed by atoms with E-state index in [1.54, 1.807) is 0 Å². The number of piperidine rings is 1. The van der Waals surface area contributed by atoms with Gasteiger partial charge in [0, 0.05) is 44.0 Å². The highest BCUT2D eigenvalue weighted by Gasteiger charge is 2.34. The lowest BCUT2D eigenvalue weighted by molar-refractivity contribution is 0.124. The van der Waals surface area contributed by atoms with E-state index in [1.165, 1.54) is 38.0 Å². The number of furan rings is 1. The molecule has 2 aromatic heterocycles. The number of aromatic nitrogens is 2. The third kappa shape index (κ3) is 3.40. The molecule has 28 heavy (non-hydrogen) atoms. The first-order chi connectivity index (χ1) is 13.7. The molecular formula is C23H28N4O. The number of nitrogens with zero attached hydrogens (tertiary/aromatic N) is 4. The molecule has 5 nitrogen and oxygen atoms in total. The second kappa shape index (κ2) is 7.22. The summed E-state index contributed by atoms with van der Waals surface area (Å²) in [7, 11) is 2.26. The Morgan fingerprint density at radius 1 is 1.04 bits per heavy atom. The standard InChI is InChI=1S/C23H28N4O/c1-17-8-11-22(28-17)23-19(15-27(24-23)20-6-4-3-5-7-20)14-26-13-18-9-10-21(26)16-25(2)12-18/h3-8,11,15,18,21H,9-10,12-14,16H2,1-2H3/t18-,21+/m0/s1. The number of likely N-dealkylation sites (N-methyl/N-ethyl adjacent to an activating group) is 1. The molecule has 0 spiro atoms. The van der Waals surface area contributed by atoms with Gasteiger partial charge in [0.1, 0.15) is 11.5 Å². The van der Waals surface area contributed by atoms with E-state index in [9.17, 15) is 0 Å². The highest BCUT2D eigenvalue weighted by atomic mass is 16.3. The van der Waals surface area contributed by atoms with Gasteiger partial charge in [-0.25, -0.2) is 4.68 Å². The van der Waals surface area contributed by atoms with Crippen LogP contribution in [0.1, 0.15) is 24.2 Å². The smallest absolute Gasteiger partial charge is 0.154 e. The van der Waals surface area contributed by atoms with Crippen LogP contribution in [-0.2, 0) is 6.54 Å². The Morgan fingerprint density at radius 2 is 1.89 bits per heavy atom. The highest BCUT2D eigenvalue weighted by Crippen LogP contribution is 2.32. The Labute approximate surface area is 166 Å². The predicted molar refractivity (Wildman–Crippen MR) is 110 cm³/mol. The molecule has 0 amide bonds. The largest absolute Gasteiger partial charge is 0.460 e. The van der Waals surface area contributed by atoms with Crippen LogP contribution in [0.25, 0.3) is 17.1 Å². The quantitative estimate of drug-likeness (QED) is 0.691. The fourth-order valence-corrected chi connectivity index (χ4v) is 4.83. The monoisotopic (exact) mass is 376 g/mol. The molecule has 0 N–H and O–H groups in total. The van der Waals surface area contributed by atoms with Crippen LogP contribution in [0.2, 0.25) is 0 Å². The molecule has 0 radical (unpaired) electrons. The van der Waals surface area contributed by atoms with Crippen LogP contribution in [0.15, 0.2) is 53.1 Å². The normalized spacial score (nSPS) is 23.2. The van der Waals surface area contributed by atoms with E-state index >= 15 is 0 Å². The Kier molecular flexibility index (Phi) is 4.57. The van der Waals surface area contributed by atoms with Gasteiger partial charge in [0.25, 0.3) is 0 Å². The molecule has 3 saturated heterocycles. The zero-order valence-electron chi connectivity index (χ0n) is 16.7. The maximum absolute atomic E-state index is 5.95. The van der Waals surface area contributed by atoms with Gasteiger partial charge in [-0.1, -0.05) is 18.2 Å². The summed E-state index contributed by atoms with van der Waals surface area (Å²) < 4.78 is 7.94. The molecule has 2 bridgehead atoms. The summed E-state index contributed by atoms with van der Waals surface area (Å²) >= 11 is 0. The number of aryl methyl sites for hydroxylation is 1. The van der Waals surface area contributed by atoms with Crippen molar-refractivity contribution in [1.82, 2.24) is 19.6 Å². The lowest BCUT2D eigenvalue weighted by Crippen LogP contribution is -2.43. The lowest BCUT2D eigenvalue weighted by atomic mass is 9.94. The minimum absolute atomic E-state index is 0.634. The summed E-state index contributed by atoms with van der Waals surface area (Å²) in [5.74, 6) is 2.56. The molecule has 3 aromatic rings. The van der Waals surface area contributed by atoms with E-state index in [0.29, 0.717) is 6.04 Å². The Bertz CT molecular complexity index is 945. The van der Waals surface area contributed by atoms with Gasteiger partial charge in [-0.15, -0.1) is 0 Å². The van der Waals surface area contributed by atoms with Crippen molar-refractivity contribution in [3.05, 3.63) is 60.0 Å². The van der Waals surface area contributed by atoms with Crippen LogP contribution in [0.4, 0.5) is 0 Å². The second-order valence-electron chi connectivity index (χ2n) is 8.44. The first-order valence-electron chi connectivity index (χ1n) is 10.3. The van der Waals surface area contributed by atoms with Gasteiger partial charge in [0.15, 0.2) is 5.76 Å². The minimum atomic E-state index is 0.634. The van der Waals surface area contributed by atoms with Gasteiger partial charge in [0.05, 0.1) is 5.69 Å². The maximum Gasteiger partial charge on any atom is 0.154 e. The van der Waals surface area contributed by atoms with Crippen molar-refractivity contribution >= 4 is 0 Å². The first-order valence-corrected chi connectivity index (χ1v) is 10.3. The van der Waals surface area contributed by atoms with Gasteiger partial charge in [-0.3, -0.25) is 4.90 Å². The minimum Gasteiger partial charge on any atom is -0.460 e. The number of hydrogen-bond acceptors (Lipinski definition) is 4. The van der Waals surface area contributed by atoms with Crippen molar-refractivity contribution in [1.29, 1.82) is 0 Å². The third-order valence-electron chi connectivity index (χ3n) is 6.17. The second-order valence-corrected chi connectivity index (χ2v) is 8.44. The molecular weight excluding hydrogens is 348 g/mol. The molecule has 3 aliphatic heterocycles. The van der Waals surface area contributed by atoms with Crippen LogP contribution in [0.3, 0.4) is 0 Å². The third-order valence-corrected chi connectivity index (χ3v) is 6.17. The number of hydrogen-bond donors (Lipinski definition) is 0. The van der Waals surface area contributed by atoms with Crippen molar-refractivity contribution in [2.24, 2.45) is 5.92 Å². The van der Waals surface area contributed by atoms with Crippen LogP contribution in [0.5, 0.6) is 0 Å². The van der Waals surface area contributed by atoms with E-state index in [-0.39, 0.29) is 0 Å². The van der Waals surface area contributed by atoms with E-state index in [1.807, 2.05) is 29.8 Å². The molecule has 2 atom stereocenters. The van der Waals surface area contributed by atoms with Gasteiger partial charge >= 0.3 is 0 Å². The highest BCUT2D eigenvalue weighted by molar-refractivity contribution is 5.58. The van der Waals surface area contributed by atoms with Crippen molar-refractivity contribution < 1.29 is 4.42 Å². The van der Waals surface area contributed by atoms with E-state index in [2.05, 4.69) is 47.3 Å². The molecule has 0 unspecified atom stereocenters. The molecule has 5 heteroatoms. The summed E-state index contributed by atoms with van der Waals surface area (Å²) in [5, 5.41) is 4.92. The van der Waals surface area contributed by atoms with Crippen molar-refractivity contribution in [2.45, 2.75) is 32.4 Å². The number of benzene rings is 1. The van der Waals surface area contributed by atoms with E-state index in [0.717, 1.165) is 35.4 Å². The van der Waals surface area contributed by atoms with Crippen molar-refractivity contribution in [3.8, 4) is 17.1 Å². The maximum atomic E-state index is 5.95. The molecule has 0 saturated carbocycles. The Balaban J connectivity index is 1.50. The number of fused-ring (bicyclic) bond motifs is 4. The van der Waals surface area contributed by atoms with Crippen molar-refractivity contribution in [2.75, 3.05) is 26.7 Å². The van der Waals surface area contributed by atoms with Crippen LogP contribution < -0.4 is 0 Å². The average molecular weight is 377 g/mol. The van der Waals surface area contributed by atoms with Gasteiger partial charge in [0.2, 0.25) is 0 Å². The summed E-state index contributed by atoms with van der Waals surface area (Å²) in [5.41, 5.74) is 3.29. The zero-order valence-corrected chi connectivity index (χ0v) is 16.7. The molecule has 6 rings (SSSR count). The molecule has 3 fully saturated rings. The average Bonchev–Trinajstić information content (AvgIpc) is 3.22. The van der Waals surface area contributed by atoms with E-state index in [4.69, 9.17) is 9.52 Å². The van der Waals surface area contributed by atoms with Crippen LogP contribution in [0, 0.1) is 12.8 Å². The summed E-state index contributed by atoms with van der Waals surface area (Å²) in [6.45, 7) is 6.49. The SMILES string of the molecule is Cc1ccc(-c2nn(-c3ccccc3)cc2CN2C[C@H]3CC[C@@H]2CN(C)C3)o1. The number of para-hydroxylation sites is 1.